The van der Waals surface area contributed by atoms with Crippen molar-refractivity contribution in [2.75, 3.05) is 26.0 Å². The van der Waals surface area contributed by atoms with Gasteiger partial charge in [-0.3, -0.25) is 4.79 Å². The molecule has 1 aromatic carbocycles. The number of amides is 1. The van der Waals surface area contributed by atoms with Gasteiger partial charge in [0.25, 0.3) is 0 Å². The van der Waals surface area contributed by atoms with Gasteiger partial charge in [0.05, 0.1) is 30.4 Å². The molecule has 0 saturated heterocycles. The predicted octanol–water partition coefficient (Wildman–Crippen LogP) is 3.56. The zero-order valence-corrected chi connectivity index (χ0v) is 19.7. The molecule has 0 spiro atoms. The van der Waals surface area contributed by atoms with E-state index in [4.69, 9.17) is 9.72 Å². The van der Waals surface area contributed by atoms with Crippen LogP contribution in [0.15, 0.2) is 24.5 Å². The van der Waals surface area contributed by atoms with Gasteiger partial charge in [0.1, 0.15) is 5.75 Å². The number of hydrogen-bond donors (Lipinski definition) is 2. The number of hydrogen-bond acceptors (Lipinski definition) is 7. The average Bonchev–Trinajstić information content (AvgIpc) is 3.22. The lowest BCUT2D eigenvalue weighted by molar-refractivity contribution is -0.115. The van der Waals surface area contributed by atoms with Crippen LogP contribution in [-0.2, 0) is 17.8 Å². The van der Waals surface area contributed by atoms with Crippen molar-refractivity contribution >= 4 is 28.6 Å². The summed E-state index contributed by atoms with van der Waals surface area (Å²) in [6.45, 7) is 3.33. The average molecular weight is 452 g/mol. The summed E-state index contributed by atoms with van der Waals surface area (Å²) in [5.74, 6) is 1.08. The fourth-order valence-electron chi connectivity index (χ4n) is 4.60. The molecule has 9 heteroatoms. The van der Waals surface area contributed by atoms with Crippen molar-refractivity contribution in [3.8, 4) is 5.75 Å². The van der Waals surface area contributed by atoms with Gasteiger partial charge in [0, 0.05) is 26.2 Å². The van der Waals surface area contributed by atoms with Crippen molar-refractivity contribution in [1.82, 2.24) is 24.6 Å². The molecular formula is C24H33N7O2. The molecule has 33 heavy (non-hydrogen) atoms. The number of anilines is 2. The summed E-state index contributed by atoms with van der Waals surface area (Å²) >= 11 is 0. The summed E-state index contributed by atoms with van der Waals surface area (Å²) in [5, 5.41) is 9.00. The van der Waals surface area contributed by atoms with Crippen molar-refractivity contribution in [2.45, 2.75) is 58.0 Å². The van der Waals surface area contributed by atoms with E-state index in [1.54, 1.807) is 7.11 Å². The van der Waals surface area contributed by atoms with Crippen LogP contribution >= 0.6 is 0 Å². The maximum absolute atomic E-state index is 9.22. The third-order valence-electron chi connectivity index (χ3n) is 6.23. The predicted molar refractivity (Wildman–Crippen MR) is 129 cm³/mol. The minimum absolute atomic E-state index is 0.333. The molecule has 1 saturated carbocycles. The number of nitrogens with zero attached hydrogens (tertiary/aromatic N) is 5. The molecule has 2 aliphatic rings. The quantitative estimate of drug-likeness (QED) is 0.624. The molecule has 5 rings (SSSR count). The Labute approximate surface area is 194 Å². The van der Waals surface area contributed by atoms with Crippen LogP contribution in [-0.4, -0.2) is 51.3 Å². The number of nitrogens with one attached hydrogen (secondary N) is 1. The molecule has 0 radical (unpaired) electrons. The number of ether oxygens (including phenoxy) is 1. The number of primary amides is 1. The lowest BCUT2D eigenvalue weighted by atomic mass is 9.96. The Morgan fingerprint density at radius 3 is 2.67 bits per heavy atom. The number of nitrogens with two attached hydrogens (primary N) is 1. The monoisotopic (exact) mass is 451 g/mol. The number of methoxy groups -OCH3 is 1. The molecular weight excluding hydrogens is 418 g/mol. The lowest BCUT2D eigenvalue weighted by Crippen LogP contribution is -2.26. The van der Waals surface area contributed by atoms with Crippen LogP contribution in [0.3, 0.4) is 0 Å². The Balaban J connectivity index is 0.000000601. The van der Waals surface area contributed by atoms with Gasteiger partial charge in [0.15, 0.2) is 5.65 Å². The Hall–Kier alpha value is -3.20. The Bertz CT molecular complexity index is 1120. The molecule has 1 fully saturated rings. The normalized spacial score (nSPS) is 16.6. The standard InChI is InChI=1S/C22H28N6O.C2H5NO/c1-27-9-8-15-11-20(29-2)19(10-16(15)14-27)25-22-23-12-17-13-24-28(21(17)26-22)18-6-4-3-5-7-18;1-2(3)4/h10-13,18H,3-9,14H2,1-2H3,(H,23,25,26);1H3,(H2,3,4). The Morgan fingerprint density at radius 2 is 1.94 bits per heavy atom. The number of rotatable bonds is 4. The van der Waals surface area contributed by atoms with E-state index in [2.05, 4.69) is 49.9 Å². The van der Waals surface area contributed by atoms with Gasteiger partial charge in [-0.15, -0.1) is 0 Å². The number of likely N-dealkylation sites (N-methyl/N-ethyl adjacent to an activating group) is 1. The SMILES string of the molecule is CC(N)=O.COc1cc2c(cc1Nc1ncc3cnn(C4CCCCC4)c3n1)CN(C)CC2. The molecule has 1 amide bonds. The molecule has 3 heterocycles. The van der Waals surface area contributed by atoms with E-state index < -0.39 is 0 Å². The Morgan fingerprint density at radius 1 is 1.18 bits per heavy atom. The second-order valence-corrected chi connectivity index (χ2v) is 8.90. The molecule has 0 atom stereocenters. The molecule has 0 unspecified atom stereocenters. The van der Waals surface area contributed by atoms with Crippen molar-refractivity contribution in [1.29, 1.82) is 0 Å². The molecule has 0 bridgehead atoms. The number of aromatic nitrogens is 4. The smallest absolute Gasteiger partial charge is 0.229 e. The maximum Gasteiger partial charge on any atom is 0.229 e. The van der Waals surface area contributed by atoms with E-state index in [9.17, 15) is 4.79 Å². The fraction of sp³-hybridized carbons (Fsp3) is 0.500. The summed E-state index contributed by atoms with van der Waals surface area (Å²) in [6, 6.07) is 4.77. The van der Waals surface area contributed by atoms with Crippen LogP contribution in [0.4, 0.5) is 11.6 Å². The minimum Gasteiger partial charge on any atom is -0.495 e. The van der Waals surface area contributed by atoms with E-state index in [1.807, 2.05) is 12.4 Å². The third kappa shape index (κ3) is 5.42. The van der Waals surface area contributed by atoms with Crippen LogP contribution in [0.5, 0.6) is 5.75 Å². The van der Waals surface area contributed by atoms with Crippen LogP contribution in [0.2, 0.25) is 0 Å². The number of carbonyl (C=O) groups is 1. The van der Waals surface area contributed by atoms with Crippen molar-refractivity contribution in [2.24, 2.45) is 5.73 Å². The molecule has 3 N–H and O–H groups in total. The van der Waals surface area contributed by atoms with Gasteiger partial charge in [-0.1, -0.05) is 19.3 Å². The van der Waals surface area contributed by atoms with Gasteiger partial charge in [-0.05, 0) is 49.6 Å². The molecule has 2 aromatic heterocycles. The van der Waals surface area contributed by atoms with E-state index in [0.29, 0.717) is 12.0 Å². The highest BCUT2D eigenvalue weighted by Gasteiger charge is 2.20. The zero-order chi connectivity index (χ0) is 23.4. The van der Waals surface area contributed by atoms with Gasteiger partial charge >= 0.3 is 0 Å². The van der Waals surface area contributed by atoms with E-state index in [1.165, 1.54) is 50.2 Å². The molecule has 1 aliphatic heterocycles. The van der Waals surface area contributed by atoms with Crippen molar-refractivity contribution in [3.63, 3.8) is 0 Å². The first-order valence-electron chi connectivity index (χ1n) is 11.6. The molecule has 3 aromatic rings. The minimum atomic E-state index is -0.333. The molecule has 9 nitrogen and oxygen atoms in total. The van der Waals surface area contributed by atoms with Crippen LogP contribution < -0.4 is 15.8 Å². The Kier molecular flexibility index (Phi) is 7.08. The summed E-state index contributed by atoms with van der Waals surface area (Å²) in [5.41, 5.74) is 8.98. The number of benzene rings is 1. The van der Waals surface area contributed by atoms with Crippen LogP contribution in [0.25, 0.3) is 11.0 Å². The number of carbonyl (C=O) groups excluding carboxylic acids is 1. The topological polar surface area (TPSA) is 111 Å². The molecule has 176 valence electrons. The van der Waals surface area contributed by atoms with Crippen LogP contribution in [0.1, 0.15) is 56.2 Å². The molecule has 1 aliphatic carbocycles. The fourth-order valence-corrected chi connectivity index (χ4v) is 4.60. The number of fused-ring (bicyclic) bond motifs is 2. The maximum atomic E-state index is 9.22. The highest BCUT2D eigenvalue weighted by molar-refractivity contribution is 5.76. The second-order valence-electron chi connectivity index (χ2n) is 8.90. The largest absolute Gasteiger partial charge is 0.495 e. The van der Waals surface area contributed by atoms with Crippen molar-refractivity contribution in [3.05, 3.63) is 35.7 Å². The highest BCUT2D eigenvalue weighted by atomic mass is 16.5. The summed E-state index contributed by atoms with van der Waals surface area (Å²) < 4.78 is 7.75. The van der Waals surface area contributed by atoms with E-state index in [-0.39, 0.29) is 5.91 Å². The lowest BCUT2D eigenvalue weighted by Gasteiger charge is -2.26. The third-order valence-corrected chi connectivity index (χ3v) is 6.23. The van der Waals surface area contributed by atoms with Gasteiger partial charge in [-0.25, -0.2) is 9.67 Å². The highest BCUT2D eigenvalue weighted by Crippen LogP contribution is 2.34. The summed E-state index contributed by atoms with van der Waals surface area (Å²) in [6.07, 6.45) is 11.0. The summed E-state index contributed by atoms with van der Waals surface area (Å²) in [7, 11) is 3.87. The second kappa shape index (κ2) is 10.2. The van der Waals surface area contributed by atoms with Gasteiger partial charge in [-0.2, -0.15) is 10.1 Å². The van der Waals surface area contributed by atoms with Gasteiger partial charge < -0.3 is 20.7 Å². The van der Waals surface area contributed by atoms with Crippen molar-refractivity contribution < 1.29 is 9.53 Å². The van der Waals surface area contributed by atoms with E-state index >= 15 is 0 Å². The van der Waals surface area contributed by atoms with E-state index in [0.717, 1.165) is 42.0 Å². The first kappa shape index (κ1) is 23.0. The van der Waals surface area contributed by atoms with Gasteiger partial charge in [0.2, 0.25) is 11.9 Å². The first-order chi connectivity index (χ1) is 15.9. The zero-order valence-electron chi connectivity index (χ0n) is 19.7. The van der Waals surface area contributed by atoms with Crippen LogP contribution in [0, 0.1) is 0 Å². The first-order valence-corrected chi connectivity index (χ1v) is 11.6. The summed E-state index contributed by atoms with van der Waals surface area (Å²) in [4.78, 5) is 20.9.